The van der Waals surface area contributed by atoms with Crippen molar-refractivity contribution >= 4 is 28.2 Å². The maximum Gasteiger partial charge on any atom is 0.263 e. The number of fused-ring (bicyclic) bond motifs is 2. The molecule has 1 aliphatic carbocycles. The number of aryl methyl sites for hydroxylation is 1. The predicted octanol–water partition coefficient (Wildman–Crippen LogP) is 4.85. The molecule has 34 heavy (non-hydrogen) atoms. The summed E-state index contributed by atoms with van der Waals surface area (Å²) in [6.07, 6.45) is 1.96. The van der Waals surface area contributed by atoms with Crippen LogP contribution in [0.2, 0.25) is 0 Å². The number of rotatable bonds is 5. The van der Waals surface area contributed by atoms with Gasteiger partial charge in [-0.05, 0) is 77.1 Å². The average molecular weight is 479 g/mol. The molecule has 2 aliphatic rings. The molecule has 0 radical (unpaired) electrons. The maximum absolute atomic E-state index is 14.0. The Morgan fingerprint density at radius 3 is 2.32 bits per heavy atom. The lowest BCUT2D eigenvalue weighted by atomic mass is 10.0. The summed E-state index contributed by atoms with van der Waals surface area (Å²) in [5.41, 5.74) is 5.01. The van der Waals surface area contributed by atoms with E-state index in [0.717, 1.165) is 43.0 Å². The van der Waals surface area contributed by atoms with Gasteiger partial charge in [-0.2, -0.15) is 0 Å². The lowest BCUT2D eigenvalue weighted by Crippen LogP contribution is -2.40. The highest BCUT2D eigenvalue weighted by Gasteiger charge is 2.44. The van der Waals surface area contributed by atoms with E-state index in [1.807, 2.05) is 45.3 Å². The standard InChI is InChI=1S/C27H34N4O2S/c1-17-13-21(18(2)29-34(33)26(3,4)5)23-22(14-17)24(32)31(27(6)11-12-27)25(28-23)30-15-19-9-7-8-10-20(19)16-30/h7-10,13-14,18,29H,11-12,15-16H2,1-6H3/t18-,34-/m1/s1. The van der Waals surface area contributed by atoms with Crippen LogP contribution in [-0.2, 0) is 30.0 Å². The molecule has 1 aromatic heterocycles. The summed E-state index contributed by atoms with van der Waals surface area (Å²) in [5.74, 6) is 0.739. The van der Waals surface area contributed by atoms with Gasteiger partial charge in [-0.25, -0.2) is 4.98 Å². The molecule has 1 aliphatic heterocycles. The highest BCUT2D eigenvalue weighted by molar-refractivity contribution is 7.90. The molecule has 2 heterocycles. The average Bonchev–Trinajstić information content (AvgIpc) is 3.35. The van der Waals surface area contributed by atoms with Gasteiger partial charge in [0.25, 0.3) is 5.56 Å². The van der Waals surface area contributed by atoms with Gasteiger partial charge in [0.15, 0.2) is 0 Å². The highest BCUT2D eigenvalue weighted by Crippen LogP contribution is 2.45. The first-order chi connectivity index (χ1) is 16.0. The molecule has 2 atom stereocenters. The first-order valence-electron chi connectivity index (χ1n) is 12.1. The van der Waals surface area contributed by atoms with E-state index < -0.39 is 11.4 Å². The number of nitrogens with zero attached hydrogens (tertiary/aromatic N) is 3. The predicted molar refractivity (Wildman–Crippen MR) is 139 cm³/mol. The van der Waals surface area contributed by atoms with Crippen molar-refractivity contribution in [2.45, 2.75) is 83.8 Å². The van der Waals surface area contributed by atoms with Gasteiger partial charge >= 0.3 is 0 Å². The topological polar surface area (TPSA) is 73.2 Å². The van der Waals surface area contributed by atoms with E-state index in [0.29, 0.717) is 10.9 Å². The van der Waals surface area contributed by atoms with Gasteiger partial charge in [-0.1, -0.05) is 30.3 Å². The fraction of sp³-hybridized carbons (Fsp3) is 0.481. The summed E-state index contributed by atoms with van der Waals surface area (Å²) in [6, 6.07) is 12.2. The van der Waals surface area contributed by atoms with Crippen molar-refractivity contribution < 1.29 is 4.55 Å². The third-order valence-corrected chi connectivity index (χ3v) is 8.75. The van der Waals surface area contributed by atoms with Crippen LogP contribution in [0.4, 0.5) is 5.95 Å². The Kier molecular flexibility index (Phi) is 5.58. The number of aromatic nitrogens is 2. The molecule has 0 unspecified atom stereocenters. The van der Waals surface area contributed by atoms with E-state index >= 15 is 0 Å². The quantitative estimate of drug-likeness (QED) is 0.531. The molecule has 2 aromatic carbocycles. The van der Waals surface area contributed by atoms with Crippen molar-refractivity contribution in [3.63, 3.8) is 0 Å². The van der Waals surface area contributed by atoms with Crippen molar-refractivity contribution in [1.29, 1.82) is 0 Å². The first kappa shape index (κ1) is 23.4. The van der Waals surface area contributed by atoms with Crippen LogP contribution in [0.25, 0.3) is 10.9 Å². The van der Waals surface area contributed by atoms with Gasteiger partial charge in [-0.3, -0.25) is 9.36 Å². The molecule has 0 saturated heterocycles. The molecular weight excluding hydrogens is 444 g/mol. The second-order valence-corrected chi connectivity index (χ2v) is 13.1. The largest absolute Gasteiger partial charge is 0.598 e. The SMILES string of the molecule is Cc1cc([C@@H](C)N[S@+]([O-])C(C)(C)C)c2nc(N3Cc4ccccc4C3)n(C3(C)CC3)c(=O)c2c1. The van der Waals surface area contributed by atoms with Crippen molar-refractivity contribution in [3.05, 3.63) is 69.0 Å². The van der Waals surface area contributed by atoms with Crippen LogP contribution in [0.15, 0.2) is 41.2 Å². The summed E-state index contributed by atoms with van der Waals surface area (Å²) < 4.78 is 17.6. The summed E-state index contributed by atoms with van der Waals surface area (Å²) in [6.45, 7) is 13.5. The van der Waals surface area contributed by atoms with Crippen molar-refractivity contribution in [2.24, 2.45) is 0 Å². The smallest absolute Gasteiger partial charge is 0.263 e. The molecule has 1 fully saturated rings. The van der Waals surface area contributed by atoms with Gasteiger partial charge in [0.05, 0.1) is 16.9 Å². The zero-order valence-corrected chi connectivity index (χ0v) is 21.8. The molecule has 1 N–H and O–H groups in total. The number of benzene rings is 2. The molecular formula is C27H34N4O2S. The molecule has 180 valence electrons. The molecule has 0 amide bonds. The Balaban J connectivity index is 1.67. The van der Waals surface area contributed by atoms with E-state index in [1.165, 1.54) is 11.1 Å². The molecule has 6 nitrogen and oxygen atoms in total. The lowest BCUT2D eigenvalue weighted by molar-refractivity contribution is 0.502. The minimum absolute atomic E-state index is 0.0186. The Morgan fingerprint density at radius 1 is 1.15 bits per heavy atom. The molecule has 3 aromatic rings. The summed E-state index contributed by atoms with van der Waals surface area (Å²) in [4.78, 5) is 21.4. The van der Waals surface area contributed by atoms with Crippen molar-refractivity contribution in [3.8, 4) is 0 Å². The second kappa shape index (κ2) is 8.11. The van der Waals surface area contributed by atoms with Gasteiger partial charge in [0, 0.05) is 35.6 Å². The molecule has 1 saturated carbocycles. The first-order valence-corrected chi connectivity index (χ1v) is 13.2. The highest BCUT2D eigenvalue weighted by atomic mass is 32.2. The van der Waals surface area contributed by atoms with Crippen LogP contribution < -0.4 is 15.2 Å². The Morgan fingerprint density at radius 2 is 1.76 bits per heavy atom. The van der Waals surface area contributed by atoms with Crippen LogP contribution in [-0.4, -0.2) is 18.9 Å². The van der Waals surface area contributed by atoms with Crippen LogP contribution >= 0.6 is 0 Å². The van der Waals surface area contributed by atoms with Crippen molar-refractivity contribution in [1.82, 2.24) is 14.3 Å². The van der Waals surface area contributed by atoms with E-state index in [2.05, 4.69) is 46.9 Å². The Bertz CT molecular complexity index is 1300. The zero-order chi connectivity index (χ0) is 24.4. The summed E-state index contributed by atoms with van der Waals surface area (Å²) in [7, 11) is 0. The molecule has 7 heteroatoms. The van der Waals surface area contributed by atoms with E-state index in [4.69, 9.17) is 4.98 Å². The molecule has 0 bridgehead atoms. The fourth-order valence-corrected chi connectivity index (χ4v) is 5.57. The van der Waals surface area contributed by atoms with Crippen LogP contribution in [0, 0.1) is 6.92 Å². The van der Waals surface area contributed by atoms with E-state index in [-0.39, 0.29) is 21.9 Å². The number of anilines is 1. The monoisotopic (exact) mass is 478 g/mol. The summed E-state index contributed by atoms with van der Waals surface area (Å²) in [5, 5.41) is 0.638. The third-order valence-electron chi connectivity index (χ3n) is 7.07. The number of hydrogen-bond donors (Lipinski definition) is 1. The Hall–Kier alpha value is -2.35. The number of hydrogen-bond acceptors (Lipinski definition) is 5. The van der Waals surface area contributed by atoms with Crippen LogP contribution in [0.5, 0.6) is 0 Å². The van der Waals surface area contributed by atoms with Gasteiger partial charge in [-0.15, -0.1) is 4.72 Å². The van der Waals surface area contributed by atoms with Crippen molar-refractivity contribution in [2.75, 3.05) is 4.90 Å². The van der Waals surface area contributed by atoms with Gasteiger partial charge < -0.3 is 9.45 Å². The molecule has 0 spiro atoms. The second-order valence-electron chi connectivity index (χ2n) is 11.1. The summed E-state index contributed by atoms with van der Waals surface area (Å²) >= 11 is -1.24. The minimum atomic E-state index is -1.24. The fourth-order valence-electron chi connectivity index (χ4n) is 4.76. The maximum atomic E-state index is 14.0. The van der Waals surface area contributed by atoms with Crippen LogP contribution in [0.3, 0.4) is 0 Å². The minimum Gasteiger partial charge on any atom is -0.598 e. The zero-order valence-electron chi connectivity index (χ0n) is 20.9. The lowest BCUT2D eigenvalue weighted by Gasteiger charge is -2.28. The van der Waals surface area contributed by atoms with E-state index in [1.54, 1.807) is 0 Å². The van der Waals surface area contributed by atoms with Gasteiger partial charge in [0.2, 0.25) is 5.95 Å². The van der Waals surface area contributed by atoms with E-state index in [9.17, 15) is 9.35 Å². The Labute approximate surface area is 204 Å². The molecule has 5 rings (SSSR count). The van der Waals surface area contributed by atoms with Gasteiger partial charge in [0.1, 0.15) is 4.75 Å². The third kappa shape index (κ3) is 4.04. The normalized spacial score (nSPS) is 18.7. The number of nitrogens with one attached hydrogen (secondary N) is 1. The van der Waals surface area contributed by atoms with Crippen LogP contribution in [0.1, 0.15) is 75.8 Å².